The van der Waals surface area contributed by atoms with Crippen molar-refractivity contribution in [3.8, 4) is 0 Å². The zero-order valence-corrected chi connectivity index (χ0v) is 11.4. The van der Waals surface area contributed by atoms with Crippen molar-refractivity contribution in [2.24, 2.45) is 5.73 Å². The highest BCUT2D eigenvalue weighted by Crippen LogP contribution is 2.03. The molecule has 1 rings (SSSR count). The van der Waals surface area contributed by atoms with Crippen LogP contribution in [0.25, 0.3) is 0 Å². The van der Waals surface area contributed by atoms with Gasteiger partial charge in [-0.1, -0.05) is 24.3 Å². The number of hydrogen-bond donors (Lipinski definition) is 3. The van der Waals surface area contributed by atoms with Crippen LogP contribution in [0, 0.1) is 0 Å². The zero-order chi connectivity index (χ0) is 13.6. The minimum absolute atomic E-state index is 0.00725. The first-order valence-electron chi connectivity index (χ1n) is 6.20. The van der Waals surface area contributed by atoms with Crippen molar-refractivity contribution in [3.63, 3.8) is 0 Å². The Hall–Kier alpha value is -1.39. The minimum Gasteiger partial charge on any atom is -0.351 e. The maximum atomic E-state index is 11.6. The van der Waals surface area contributed by atoms with E-state index in [2.05, 4.69) is 10.6 Å². The van der Waals surface area contributed by atoms with Gasteiger partial charge in [0.25, 0.3) is 0 Å². The Morgan fingerprint density at radius 3 is 2.22 bits per heavy atom. The van der Waals surface area contributed by atoms with E-state index in [-0.39, 0.29) is 11.4 Å². The van der Waals surface area contributed by atoms with Gasteiger partial charge in [-0.25, -0.2) is 0 Å². The molecule has 0 heterocycles. The van der Waals surface area contributed by atoms with Gasteiger partial charge in [-0.3, -0.25) is 4.79 Å². The summed E-state index contributed by atoms with van der Waals surface area (Å²) in [5.41, 5.74) is 7.66. The molecule has 18 heavy (non-hydrogen) atoms. The second kappa shape index (κ2) is 6.52. The van der Waals surface area contributed by atoms with Crippen LogP contribution < -0.4 is 16.4 Å². The molecule has 0 unspecified atom stereocenters. The van der Waals surface area contributed by atoms with Crippen LogP contribution in [0.2, 0.25) is 0 Å². The molecule has 0 fully saturated rings. The predicted octanol–water partition coefficient (Wildman–Crippen LogP) is 1.15. The van der Waals surface area contributed by atoms with Crippen molar-refractivity contribution in [1.29, 1.82) is 0 Å². The third kappa shape index (κ3) is 5.80. The molecule has 4 N–H and O–H groups in total. The number of carbonyl (C=O) groups excluding carboxylic acids is 1. The van der Waals surface area contributed by atoms with E-state index in [1.807, 2.05) is 45.0 Å². The maximum Gasteiger partial charge on any atom is 0.234 e. The molecule has 0 spiro atoms. The molecule has 0 aromatic heterocycles. The summed E-state index contributed by atoms with van der Waals surface area (Å²) in [7, 11) is 0. The first-order valence-corrected chi connectivity index (χ1v) is 6.20. The number of hydrogen-bond acceptors (Lipinski definition) is 3. The van der Waals surface area contributed by atoms with Gasteiger partial charge in [-0.15, -0.1) is 0 Å². The van der Waals surface area contributed by atoms with Crippen LogP contribution in [0.3, 0.4) is 0 Å². The molecule has 1 amide bonds. The van der Waals surface area contributed by atoms with Crippen LogP contribution in [-0.2, 0) is 17.9 Å². The third-order valence-electron chi connectivity index (χ3n) is 2.53. The molecule has 0 saturated carbocycles. The van der Waals surface area contributed by atoms with Crippen molar-refractivity contribution < 1.29 is 4.79 Å². The normalized spacial score (nSPS) is 11.3. The van der Waals surface area contributed by atoms with Gasteiger partial charge in [0.1, 0.15) is 0 Å². The molecular weight excluding hydrogens is 226 g/mol. The SMILES string of the molecule is CC(C)(C)NCC(=O)NCc1ccc(CN)cc1. The summed E-state index contributed by atoms with van der Waals surface area (Å²) in [4.78, 5) is 11.6. The van der Waals surface area contributed by atoms with Crippen LogP contribution >= 0.6 is 0 Å². The standard InChI is InChI=1S/C14H23N3O/c1-14(2,3)17-10-13(18)16-9-12-6-4-11(8-15)5-7-12/h4-7,17H,8-10,15H2,1-3H3,(H,16,18). The lowest BCUT2D eigenvalue weighted by Crippen LogP contribution is -2.43. The van der Waals surface area contributed by atoms with Gasteiger partial charge in [-0.2, -0.15) is 0 Å². The van der Waals surface area contributed by atoms with E-state index < -0.39 is 0 Å². The number of rotatable bonds is 5. The lowest BCUT2D eigenvalue weighted by Gasteiger charge is -2.20. The van der Waals surface area contributed by atoms with Gasteiger partial charge in [0.05, 0.1) is 6.54 Å². The summed E-state index contributed by atoms with van der Waals surface area (Å²) in [6.45, 7) is 7.53. The molecule has 1 aromatic rings. The third-order valence-corrected chi connectivity index (χ3v) is 2.53. The molecule has 0 saturated heterocycles. The number of nitrogens with two attached hydrogens (primary N) is 1. The summed E-state index contributed by atoms with van der Waals surface area (Å²) in [5.74, 6) is 0.00725. The van der Waals surface area contributed by atoms with Gasteiger partial charge in [0.2, 0.25) is 5.91 Å². The van der Waals surface area contributed by atoms with E-state index >= 15 is 0 Å². The molecule has 0 aliphatic rings. The van der Waals surface area contributed by atoms with E-state index in [0.29, 0.717) is 19.6 Å². The summed E-state index contributed by atoms with van der Waals surface area (Å²) >= 11 is 0. The lowest BCUT2D eigenvalue weighted by molar-refractivity contribution is -0.120. The predicted molar refractivity (Wildman–Crippen MR) is 73.9 cm³/mol. The van der Waals surface area contributed by atoms with Crippen molar-refractivity contribution >= 4 is 5.91 Å². The number of benzene rings is 1. The van der Waals surface area contributed by atoms with E-state index in [4.69, 9.17) is 5.73 Å². The van der Waals surface area contributed by atoms with Gasteiger partial charge in [0, 0.05) is 18.6 Å². The Labute approximate surface area is 109 Å². The van der Waals surface area contributed by atoms with Crippen LogP contribution in [0.5, 0.6) is 0 Å². The molecule has 0 bridgehead atoms. The molecule has 0 aliphatic heterocycles. The number of amides is 1. The number of nitrogens with one attached hydrogen (secondary N) is 2. The van der Waals surface area contributed by atoms with Crippen molar-refractivity contribution in [3.05, 3.63) is 35.4 Å². The fourth-order valence-corrected chi connectivity index (χ4v) is 1.40. The minimum atomic E-state index is -0.0416. The molecule has 1 aromatic carbocycles. The average Bonchev–Trinajstić information content (AvgIpc) is 2.33. The molecule has 0 aliphatic carbocycles. The van der Waals surface area contributed by atoms with E-state index in [1.165, 1.54) is 0 Å². The summed E-state index contributed by atoms with van der Waals surface area (Å²) in [6.07, 6.45) is 0. The Morgan fingerprint density at radius 1 is 1.17 bits per heavy atom. The summed E-state index contributed by atoms with van der Waals surface area (Å²) in [6, 6.07) is 7.93. The highest BCUT2D eigenvalue weighted by molar-refractivity contribution is 5.78. The molecule has 0 radical (unpaired) electrons. The monoisotopic (exact) mass is 249 g/mol. The smallest absolute Gasteiger partial charge is 0.234 e. The second-order valence-electron chi connectivity index (χ2n) is 5.40. The van der Waals surface area contributed by atoms with Crippen molar-refractivity contribution in [1.82, 2.24) is 10.6 Å². The van der Waals surface area contributed by atoms with Crippen LogP contribution in [-0.4, -0.2) is 18.0 Å². The van der Waals surface area contributed by atoms with Crippen LogP contribution in [0.4, 0.5) is 0 Å². The van der Waals surface area contributed by atoms with Crippen LogP contribution in [0.1, 0.15) is 31.9 Å². The summed E-state index contributed by atoms with van der Waals surface area (Å²) in [5, 5.41) is 6.02. The van der Waals surface area contributed by atoms with Gasteiger partial charge < -0.3 is 16.4 Å². The maximum absolute atomic E-state index is 11.6. The van der Waals surface area contributed by atoms with Crippen molar-refractivity contribution in [2.75, 3.05) is 6.54 Å². The van der Waals surface area contributed by atoms with E-state index in [1.54, 1.807) is 0 Å². The highest BCUT2D eigenvalue weighted by Gasteiger charge is 2.10. The summed E-state index contributed by atoms with van der Waals surface area (Å²) < 4.78 is 0. The average molecular weight is 249 g/mol. The van der Waals surface area contributed by atoms with Crippen molar-refractivity contribution in [2.45, 2.75) is 39.4 Å². The first kappa shape index (κ1) is 14.7. The Morgan fingerprint density at radius 2 is 1.72 bits per heavy atom. The Kier molecular flexibility index (Phi) is 5.31. The van der Waals surface area contributed by atoms with Gasteiger partial charge in [-0.05, 0) is 31.9 Å². The molecule has 100 valence electrons. The molecule has 4 nitrogen and oxygen atoms in total. The first-order chi connectivity index (χ1) is 8.40. The van der Waals surface area contributed by atoms with Gasteiger partial charge >= 0.3 is 0 Å². The lowest BCUT2D eigenvalue weighted by atomic mass is 10.1. The topological polar surface area (TPSA) is 67.2 Å². The highest BCUT2D eigenvalue weighted by atomic mass is 16.1. The van der Waals surface area contributed by atoms with E-state index in [0.717, 1.165) is 11.1 Å². The molecule has 4 heteroatoms. The zero-order valence-electron chi connectivity index (χ0n) is 11.4. The van der Waals surface area contributed by atoms with Gasteiger partial charge in [0.15, 0.2) is 0 Å². The second-order valence-corrected chi connectivity index (χ2v) is 5.40. The van der Waals surface area contributed by atoms with Crippen LogP contribution in [0.15, 0.2) is 24.3 Å². The fourth-order valence-electron chi connectivity index (χ4n) is 1.40. The molecular formula is C14H23N3O. The van der Waals surface area contributed by atoms with E-state index in [9.17, 15) is 4.79 Å². The molecule has 0 atom stereocenters. The largest absolute Gasteiger partial charge is 0.351 e. The Balaban J connectivity index is 2.33. The fraction of sp³-hybridized carbons (Fsp3) is 0.500. The number of carbonyl (C=O) groups is 1. The quantitative estimate of drug-likeness (QED) is 0.733. The Bertz CT molecular complexity index is 379.